The smallest absolute Gasteiger partial charge is 0.324 e. The van der Waals surface area contributed by atoms with Crippen molar-refractivity contribution >= 4 is 16.2 Å². The zero-order valence-electron chi connectivity index (χ0n) is 11.2. The van der Waals surface area contributed by atoms with Crippen LogP contribution in [0.1, 0.15) is 33.6 Å². The maximum Gasteiger partial charge on any atom is 0.324 e. The summed E-state index contributed by atoms with van der Waals surface area (Å²) in [6.45, 7) is 6.57. The minimum Gasteiger partial charge on any atom is -0.465 e. The maximum atomic E-state index is 12.1. The number of esters is 1. The zero-order chi connectivity index (χ0) is 13.8. The highest BCUT2D eigenvalue weighted by Crippen LogP contribution is 2.21. The van der Waals surface area contributed by atoms with Crippen LogP contribution in [-0.2, 0) is 19.7 Å². The molecule has 0 saturated carbocycles. The van der Waals surface area contributed by atoms with Gasteiger partial charge in [-0.25, -0.2) is 4.72 Å². The van der Waals surface area contributed by atoms with E-state index < -0.39 is 22.2 Å². The molecule has 0 aliphatic carbocycles. The molecule has 0 radical (unpaired) electrons. The van der Waals surface area contributed by atoms with Crippen LogP contribution in [0.4, 0.5) is 0 Å². The monoisotopic (exact) mass is 278 g/mol. The number of ether oxygens (including phenoxy) is 1. The third-order valence-electron chi connectivity index (χ3n) is 2.75. The fourth-order valence-corrected chi connectivity index (χ4v) is 3.46. The van der Waals surface area contributed by atoms with E-state index in [0.717, 1.165) is 0 Å². The molecule has 106 valence electrons. The van der Waals surface area contributed by atoms with Gasteiger partial charge < -0.3 is 4.74 Å². The predicted molar refractivity (Wildman–Crippen MR) is 68.1 cm³/mol. The number of nitrogens with zero attached hydrogens (tertiary/aromatic N) is 1. The van der Waals surface area contributed by atoms with Crippen molar-refractivity contribution < 1.29 is 17.9 Å². The molecule has 1 heterocycles. The molecule has 1 saturated heterocycles. The first-order valence-corrected chi connectivity index (χ1v) is 7.75. The van der Waals surface area contributed by atoms with Gasteiger partial charge in [0.1, 0.15) is 6.04 Å². The molecule has 1 aliphatic heterocycles. The Morgan fingerprint density at radius 3 is 2.72 bits per heavy atom. The highest BCUT2D eigenvalue weighted by Gasteiger charge is 2.39. The van der Waals surface area contributed by atoms with Crippen LogP contribution in [0.25, 0.3) is 0 Å². The molecule has 1 aliphatic rings. The summed E-state index contributed by atoms with van der Waals surface area (Å²) in [6, 6.07) is -0.672. The molecule has 0 bridgehead atoms. The predicted octanol–water partition coefficient (Wildman–Crippen LogP) is 0.504. The minimum atomic E-state index is -3.59. The van der Waals surface area contributed by atoms with Crippen molar-refractivity contribution in [2.24, 2.45) is 5.92 Å². The Kier molecular flexibility index (Phi) is 5.55. The van der Waals surface area contributed by atoms with E-state index in [1.165, 1.54) is 4.31 Å². The van der Waals surface area contributed by atoms with Gasteiger partial charge in [-0.05, 0) is 25.7 Å². The van der Waals surface area contributed by atoms with Gasteiger partial charge in [-0.15, -0.1) is 0 Å². The average Bonchev–Trinajstić information content (AvgIpc) is 2.76. The number of hydrogen-bond donors (Lipinski definition) is 1. The normalized spacial score (nSPS) is 21.4. The molecule has 18 heavy (non-hydrogen) atoms. The van der Waals surface area contributed by atoms with Gasteiger partial charge in [0.15, 0.2) is 0 Å². The fourth-order valence-electron chi connectivity index (χ4n) is 1.86. The largest absolute Gasteiger partial charge is 0.465 e. The van der Waals surface area contributed by atoms with Crippen molar-refractivity contribution in [2.45, 2.75) is 39.7 Å². The summed E-state index contributed by atoms with van der Waals surface area (Å²) in [7, 11) is -3.59. The van der Waals surface area contributed by atoms with Gasteiger partial charge >= 0.3 is 5.97 Å². The third-order valence-corrected chi connectivity index (χ3v) is 4.33. The lowest BCUT2D eigenvalue weighted by Crippen LogP contribution is -2.47. The summed E-state index contributed by atoms with van der Waals surface area (Å²) < 4.78 is 32.8. The van der Waals surface area contributed by atoms with Crippen LogP contribution in [0, 0.1) is 5.92 Å². The van der Waals surface area contributed by atoms with Crippen LogP contribution in [0.5, 0.6) is 0 Å². The number of carbonyl (C=O) groups excluding carboxylic acids is 1. The molecule has 1 rings (SSSR count). The van der Waals surface area contributed by atoms with E-state index in [0.29, 0.717) is 25.9 Å². The van der Waals surface area contributed by atoms with Crippen LogP contribution in [0.2, 0.25) is 0 Å². The Morgan fingerprint density at radius 1 is 1.50 bits per heavy atom. The molecule has 1 atom stereocenters. The van der Waals surface area contributed by atoms with Gasteiger partial charge in [-0.2, -0.15) is 12.7 Å². The van der Waals surface area contributed by atoms with Gasteiger partial charge in [-0.3, -0.25) is 4.79 Å². The van der Waals surface area contributed by atoms with Crippen molar-refractivity contribution in [3.8, 4) is 0 Å². The van der Waals surface area contributed by atoms with Gasteiger partial charge in [0.2, 0.25) is 0 Å². The van der Waals surface area contributed by atoms with Crippen LogP contribution >= 0.6 is 0 Å². The van der Waals surface area contributed by atoms with Crippen molar-refractivity contribution in [3.05, 3.63) is 0 Å². The number of rotatable bonds is 6. The van der Waals surface area contributed by atoms with Crippen LogP contribution in [-0.4, -0.2) is 44.4 Å². The second-order valence-electron chi connectivity index (χ2n) is 4.77. The Balaban J connectivity index is 2.71. The molecule has 1 N–H and O–H groups in total. The molecule has 1 fully saturated rings. The van der Waals surface area contributed by atoms with E-state index in [4.69, 9.17) is 4.74 Å². The quantitative estimate of drug-likeness (QED) is 0.718. The summed E-state index contributed by atoms with van der Waals surface area (Å²) >= 11 is 0. The Labute approximate surface area is 109 Å². The van der Waals surface area contributed by atoms with E-state index in [1.54, 1.807) is 6.92 Å². The Bertz CT molecular complexity index is 381. The van der Waals surface area contributed by atoms with E-state index in [-0.39, 0.29) is 12.5 Å². The molecule has 0 amide bonds. The second-order valence-corrected chi connectivity index (χ2v) is 6.48. The number of nitrogens with one attached hydrogen (secondary N) is 1. The Hall–Kier alpha value is -0.660. The van der Waals surface area contributed by atoms with E-state index in [9.17, 15) is 13.2 Å². The fraction of sp³-hybridized carbons (Fsp3) is 0.909. The first kappa shape index (κ1) is 15.4. The molecule has 0 aromatic heterocycles. The average molecular weight is 278 g/mol. The van der Waals surface area contributed by atoms with Gasteiger partial charge in [0.25, 0.3) is 10.2 Å². The van der Waals surface area contributed by atoms with E-state index >= 15 is 0 Å². The van der Waals surface area contributed by atoms with Gasteiger partial charge in [-0.1, -0.05) is 13.8 Å². The standard InChI is InChI=1S/C11H22N2O4S/c1-4-17-11(14)10-6-5-7-13(10)18(15,16)12-8-9(2)3/h9-10,12H,4-8H2,1-3H3. The third kappa shape index (κ3) is 3.93. The highest BCUT2D eigenvalue weighted by molar-refractivity contribution is 7.87. The molecule has 0 aromatic carbocycles. The van der Waals surface area contributed by atoms with Crippen LogP contribution in [0.15, 0.2) is 0 Å². The molecule has 1 unspecified atom stereocenters. The Morgan fingerprint density at radius 2 is 2.17 bits per heavy atom. The first-order valence-electron chi connectivity index (χ1n) is 6.31. The topological polar surface area (TPSA) is 75.7 Å². The highest BCUT2D eigenvalue weighted by atomic mass is 32.2. The molecule has 0 spiro atoms. The van der Waals surface area contributed by atoms with Gasteiger partial charge in [0, 0.05) is 13.1 Å². The summed E-state index contributed by atoms with van der Waals surface area (Å²) in [5, 5.41) is 0. The molecule has 6 nitrogen and oxygen atoms in total. The number of hydrogen-bond acceptors (Lipinski definition) is 4. The maximum absolute atomic E-state index is 12.1. The van der Waals surface area contributed by atoms with Crippen molar-refractivity contribution in [3.63, 3.8) is 0 Å². The minimum absolute atomic E-state index is 0.225. The second kappa shape index (κ2) is 6.49. The first-order chi connectivity index (χ1) is 8.38. The number of carbonyl (C=O) groups is 1. The summed E-state index contributed by atoms with van der Waals surface area (Å²) in [5.41, 5.74) is 0. The lowest BCUT2D eigenvalue weighted by Gasteiger charge is -2.23. The molecule has 0 aromatic rings. The lowest BCUT2D eigenvalue weighted by molar-refractivity contribution is -0.146. The molecular formula is C11H22N2O4S. The molecule has 7 heteroatoms. The molecular weight excluding hydrogens is 256 g/mol. The van der Waals surface area contributed by atoms with Crippen LogP contribution in [0.3, 0.4) is 0 Å². The SMILES string of the molecule is CCOC(=O)C1CCCN1S(=O)(=O)NCC(C)C. The van der Waals surface area contributed by atoms with Crippen molar-refractivity contribution in [1.82, 2.24) is 9.03 Å². The van der Waals surface area contributed by atoms with Crippen LogP contribution < -0.4 is 4.72 Å². The summed E-state index contributed by atoms with van der Waals surface area (Å²) in [4.78, 5) is 11.7. The van der Waals surface area contributed by atoms with E-state index in [2.05, 4.69) is 4.72 Å². The lowest BCUT2D eigenvalue weighted by atomic mass is 10.2. The van der Waals surface area contributed by atoms with E-state index in [1.807, 2.05) is 13.8 Å². The van der Waals surface area contributed by atoms with Gasteiger partial charge in [0.05, 0.1) is 6.61 Å². The van der Waals surface area contributed by atoms with Crippen molar-refractivity contribution in [2.75, 3.05) is 19.7 Å². The zero-order valence-corrected chi connectivity index (χ0v) is 12.0. The summed E-state index contributed by atoms with van der Waals surface area (Å²) in [6.07, 6.45) is 1.22. The van der Waals surface area contributed by atoms with Crippen molar-refractivity contribution in [1.29, 1.82) is 0 Å². The summed E-state index contributed by atoms with van der Waals surface area (Å²) in [5.74, 6) is -0.228.